The molecule has 0 aliphatic carbocycles. The standard InChI is InChI=1S/C38H43NO5/c1-24(2)30-17-16-28(31-12-6-7-13-32(31)38-37(43)36(42)35(41)34(23-40)44-38)21-29(30)19-26-14-15-27-11-8-18-39(33(27)20-26)22-25-9-4-3-5-10-25/h3-7,9-10,12-17,20-21,24,34-38,40-43H,8,11,18-19,22-23H2,1-2H3/t34-,35-,36+,37-,38+/m1/s1. The number of hydrogen-bond acceptors (Lipinski definition) is 6. The zero-order chi connectivity index (χ0) is 30.8. The first-order valence-corrected chi connectivity index (χ1v) is 15.8. The molecule has 2 aliphatic heterocycles. The number of fused-ring (bicyclic) bond motifs is 1. The number of anilines is 1. The van der Waals surface area contributed by atoms with Crippen LogP contribution in [0.4, 0.5) is 5.69 Å². The van der Waals surface area contributed by atoms with Crippen molar-refractivity contribution in [1.29, 1.82) is 0 Å². The van der Waals surface area contributed by atoms with Crippen LogP contribution in [-0.4, -0.2) is 58.0 Å². The van der Waals surface area contributed by atoms with Crippen molar-refractivity contribution in [3.8, 4) is 11.1 Å². The lowest BCUT2D eigenvalue weighted by molar-refractivity contribution is -0.231. The highest BCUT2D eigenvalue weighted by atomic mass is 16.5. The topological polar surface area (TPSA) is 93.4 Å². The summed E-state index contributed by atoms with van der Waals surface area (Å²) in [6.07, 6.45) is -2.97. The molecule has 0 saturated carbocycles. The number of ether oxygens (including phenoxy) is 1. The molecule has 1 fully saturated rings. The van der Waals surface area contributed by atoms with Crippen LogP contribution in [0.2, 0.25) is 0 Å². The Morgan fingerprint density at radius 3 is 2.36 bits per heavy atom. The molecule has 2 aliphatic rings. The van der Waals surface area contributed by atoms with Crippen molar-refractivity contribution in [2.75, 3.05) is 18.1 Å². The Morgan fingerprint density at radius 1 is 0.818 bits per heavy atom. The van der Waals surface area contributed by atoms with Crippen molar-refractivity contribution in [2.24, 2.45) is 0 Å². The van der Waals surface area contributed by atoms with Crippen molar-refractivity contribution < 1.29 is 25.2 Å². The number of aliphatic hydroxyl groups excluding tert-OH is 4. The first kappa shape index (κ1) is 30.5. The van der Waals surface area contributed by atoms with Crippen LogP contribution in [0.25, 0.3) is 11.1 Å². The largest absolute Gasteiger partial charge is 0.394 e. The summed E-state index contributed by atoms with van der Waals surface area (Å²) in [6.45, 7) is 5.93. The van der Waals surface area contributed by atoms with Gasteiger partial charge in [0.25, 0.3) is 0 Å². The highest BCUT2D eigenvalue weighted by molar-refractivity contribution is 5.70. The number of nitrogens with zero attached hydrogens (tertiary/aromatic N) is 1. The summed E-state index contributed by atoms with van der Waals surface area (Å²) < 4.78 is 5.96. The van der Waals surface area contributed by atoms with E-state index in [0.717, 1.165) is 43.5 Å². The molecule has 6 rings (SSSR count). The smallest absolute Gasteiger partial charge is 0.113 e. The van der Waals surface area contributed by atoms with E-state index in [-0.39, 0.29) is 0 Å². The van der Waals surface area contributed by atoms with Crippen LogP contribution < -0.4 is 4.90 Å². The molecule has 1 saturated heterocycles. The van der Waals surface area contributed by atoms with E-state index in [9.17, 15) is 20.4 Å². The van der Waals surface area contributed by atoms with Crippen molar-refractivity contribution in [1.82, 2.24) is 0 Å². The van der Waals surface area contributed by atoms with Gasteiger partial charge in [-0.3, -0.25) is 0 Å². The van der Waals surface area contributed by atoms with E-state index in [4.69, 9.17) is 4.74 Å². The maximum Gasteiger partial charge on any atom is 0.113 e. The number of aryl methyl sites for hydroxylation is 1. The molecular weight excluding hydrogens is 550 g/mol. The van der Waals surface area contributed by atoms with E-state index in [1.165, 1.54) is 33.5 Å². The van der Waals surface area contributed by atoms with Crippen LogP contribution in [-0.2, 0) is 24.1 Å². The fourth-order valence-corrected chi connectivity index (χ4v) is 6.85. The minimum atomic E-state index is -1.43. The summed E-state index contributed by atoms with van der Waals surface area (Å²) in [6, 6.07) is 31.8. The second-order valence-electron chi connectivity index (χ2n) is 12.6. The molecule has 6 nitrogen and oxygen atoms in total. The second-order valence-corrected chi connectivity index (χ2v) is 12.6. The van der Waals surface area contributed by atoms with Gasteiger partial charge in [0, 0.05) is 18.8 Å². The molecule has 4 N–H and O–H groups in total. The van der Waals surface area contributed by atoms with E-state index in [2.05, 4.69) is 85.5 Å². The lowest BCUT2D eigenvalue weighted by Gasteiger charge is -2.40. The van der Waals surface area contributed by atoms with Gasteiger partial charge in [-0.2, -0.15) is 0 Å². The summed E-state index contributed by atoms with van der Waals surface area (Å²) in [5.74, 6) is 0.340. The normalized spacial score (nSPS) is 23.5. The first-order chi connectivity index (χ1) is 21.3. The molecule has 0 bridgehead atoms. The first-order valence-electron chi connectivity index (χ1n) is 15.8. The Balaban J connectivity index is 1.33. The van der Waals surface area contributed by atoms with Gasteiger partial charge in [0.2, 0.25) is 0 Å². The monoisotopic (exact) mass is 593 g/mol. The van der Waals surface area contributed by atoms with Gasteiger partial charge in [0.15, 0.2) is 0 Å². The van der Waals surface area contributed by atoms with Gasteiger partial charge in [0.05, 0.1) is 6.61 Å². The van der Waals surface area contributed by atoms with E-state index in [1.807, 2.05) is 24.3 Å². The Labute approximate surface area is 260 Å². The van der Waals surface area contributed by atoms with Crippen LogP contribution in [0.15, 0.2) is 91.0 Å². The maximum absolute atomic E-state index is 10.9. The highest BCUT2D eigenvalue weighted by Crippen LogP contribution is 2.39. The van der Waals surface area contributed by atoms with Crippen molar-refractivity contribution in [3.63, 3.8) is 0 Å². The zero-order valence-electron chi connectivity index (χ0n) is 25.5. The lowest BCUT2D eigenvalue weighted by Crippen LogP contribution is -2.55. The number of rotatable bonds is 8. The number of hydrogen-bond donors (Lipinski definition) is 4. The molecular formula is C38H43NO5. The second kappa shape index (κ2) is 13.2. The Hall–Kier alpha value is -3.52. The number of aliphatic hydroxyl groups is 4. The molecule has 4 aromatic carbocycles. The fourth-order valence-electron chi connectivity index (χ4n) is 6.85. The van der Waals surface area contributed by atoms with Crippen LogP contribution in [0, 0.1) is 0 Å². The quantitative estimate of drug-likeness (QED) is 0.215. The SMILES string of the molecule is CC(C)c1ccc(-c2ccccc2[C@@H]2O[C@H](CO)[C@@H](O)[C@H](O)[C@H]2O)cc1Cc1ccc2c(c1)N(Cc1ccccc1)CCC2. The molecule has 0 amide bonds. The third kappa shape index (κ3) is 6.19. The van der Waals surface area contributed by atoms with E-state index >= 15 is 0 Å². The van der Waals surface area contributed by atoms with Gasteiger partial charge >= 0.3 is 0 Å². The van der Waals surface area contributed by atoms with Gasteiger partial charge in [-0.15, -0.1) is 0 Å². The molecule has 230 valence electrons. The molecule has 44 heavy (non-hydrogen) atoms. The van der Waals surface area contributed by atoms with Crippen LogP contribution in [0.5, 0.6) is 0 Å². The van der Waals surface area contributed by atoms with Gasteiger partial charge in [-0.25, -0.2) is 0 Å². The Kier molecular flexibility index (Phi) is 9.17. The molecule has 0 spiro atoms. The Bertz CT molecular complexity index is 1570. The van der Waals surface area contributed by atoms with Crippen molar-refractivity contribution >= 4 is 5.69 Å². The highest BCUT2D eigenvalue weighted by Gasteiger charge is 2.44. The van der Waals surface area contributed by atoms with Crippen molar-refractivity contribution in [2.45, 2.75) is 76.1 Å². The van der Waals surface area contributed by atoms with Gasteiger partial charge in [-0.1, -0.05) is 98.8 Å². The third-order valence-electron chi connectivity index (χ3n) is 9.21. The van der Waals surface area contributed by atoms with E-state index in [0.29, 0.717) is 11.5 Å². The third-order valence-corrected chi connectivity index (χ3v) is 9.21. The Morgan fingerprint density at radius 2 is 1.59 bits per heavy atom. The van der Waals surface area contributed by atoms with Gasteiger partial charge in [0.1, 0.15) is 30.5 Å². The van der Waals surface area contributed by atoms with Crippen molar-refractivity contribution in [3.05, 3.63) is 124 Å². The predicted molar refractivity (Wildman–Crippen MR) is 174 cm³/mol. The zero-order valence-corrected chi connectivity index (χ0v) is 25.5. The maximum atomic E-state index is 10.9. The summed E-state index contributed by atoms with van der Waals surface area (Å²) >= 11 is 0. The van der Waals surface area contributed by atoms with Crippen LogP contribution in [0.3, 0.4) is 0 Å². The summed E-state index contributed by atoms with van der Waals surface area (Å²) in [4.78, 5) is 2.51. The van der Waals surface area contributed by atoms with Gasteiger partial charge in [-0.05, 0) is 75.8 Å². The molecule has 4 aromatic rings. The van der Waals surface area contributed by atoms with E-state index < -0.39 is 37.1 Å². The minimum Gasteiger partial charge on any atom is -0.394 e. The lowest BCUT2D eigenvalue weighted by atomic mass is 9.85. The predicted octanol–water partition coefficient (Wildman–Crippen LogP) is 5.54. The molecule has 0 radical (unpaired) electrons. The number of benzene rings is 4. The average molecular weight is 594 g/mol. The van der Waals surface area contributed by atoms with Gasteiger partial charge < -0.3 is 30.1 Å². The molecule has 5 atom stereocenters. The summed E-state index contributed by atoms with van der Waals surface area (Å²) in [7, 11) is 0. The molecule has 2 heterocycles. The summed E-state index contributed by atoms with van der Waals surface area (Å²) in [5, 5.41) is 41.5. The minimum absolute atomic E-state index is 0.340. The molecule has 0 aromatic heterocycles. The van der Waals surface area contributed by atoms with E-state index in [1.54, 1.807) is 0 Å². The molecule has 6 heteroatoms. The summed E-state index contributed by atoms with van der Waals surface area (Å²) in [5.41, 5.74) is 10.4. The fraction of sp³-hybridized carbons (Fsp3) is 0.368. The molecule has 0 unspecified atom stereocenters. The van der Waals surface area contributed by atoms with Crippen LogP contribution in [0.1, 0.15) is 65.7 Å². The average Bonchev–Trinajstić information content (AvgIpc) is 3.04. The van der Waals surface area contributed by atoms with Crippen LogP contribution >= 0.6 is 0 Å².